The lowest BCUT2D eigenvalue weighted by Gasteiger charge is -2.14. The van der Waals surface area contributed by atoms with Crippen molar-refractivity contribution in [2.24, 2.45) is 0 Å². The molecule has 2 amide bonds. The largest absolute Gasteiger partial charge is 0.301 e. The Hall–Kier alpha value is -1.27. The fourth-order valence-electron chi connectivity index (χ4n) is 2.44. The van der Waals surface area contributed by atoms with E-state index in [-0.39, 0.29) is 36.6 Å². The molecule has 0 radical (unpaired) electrons. The lowest BCUT2D eigenvalue weighted by atomic mass is 10.2. The predicted octanol–water partition coefficient (Wildman–Crippen LogP) is 1.97. The molecule has 1 aliphatic carbocycles. The quantitative estimate of drug-likeness (QED) is 0.852. The SMILES string of the molecule is O=C1CC(NCc2cc(Br)ccc2F)C(=O)N1C1CC1. The molecule has 1 saturated carbocycles. The highest BCUT2D eigenvalue weighted by Gasteiger charge is 2.45. The number of amides is 2. The number of carbonyl (C=O) groups excluding carboxylic acids is 2. The van der Waals surface area contributed by atoms with Crippen molar-refractivity contribution in [1.29, 1.82) is 0 Å². The van der Waals surface area contributed by atoms with E-state index >= 15 is 0 Å². The van der Waals surface area contributed by atoms with Gasteiger partial charge in [0.05, 0.1) is 12.5 Å². The molecule has 2 aliphatic rings. The van der Waals surface area contributed by atoms with E-state index in [0.29, 0.717) is 5.56 Å². The van der Waals surface area contributed by atoms with E-state index in [4.69, 9.17) is 0 Å². The molecule has 1 aromatic rings. The van der Waals surface area contributed by atoms with Crippen molar-refractivity contribution < 1.29 is 14.0 Å². The first kappa shape index (κ1) is 13.7. The van der Waals surface area contributed by atoms with Crippen LogP contribution in [0, 0.1) is 5.82 Å². The zero-order valence-corrected chi connectivity index (χ0v) is 12.3. The van der Waals surface area contributed by atoms with Gasteiger partial charge in [-0.15, -0.1) is 0 Å². The minimum atomic E-state index is -0.526. The van der Waals surface area contributed by atoms with Crippen LogP contribution in [0.4, 0.5) is 4.39 Å². The summed E-state index contributed by atoms with van der Waals surface area (Å²) >= 11 is 3.28. The monoisotopic (exact) mass is 340 g/mol. The average Bonchev–Trinajstić information content (AvgIpc) is 3.18. The maximum absolute atomic E-state index is 13.6. The second kappa shape index (κ2) is 5.26. The van der Waals surface area contributed by atoms with Crippen LogP contribution in [0.1, 0.15) is 24.8 Å². The molecule has 0 spiro atoms. The number of hydrogen-bond donors (Lipinski definition) is 1. The topological polar surface area (TPSA) is 49.4 Å². The summed E-state index contributed by atoms with van der Waals surface area (Å²) in [5.74, 6) is -0.617. The van der Waals surface area contributed by atoms with E-state index in [0.717, 1.165) is 17.3 Å². The third-order valence-corrected chi connectivity index (χ3v) is 4.13. The van der Waals surface area contributed by atoms with E-state index in [9.17, 15) is 14.0 Å². The van der Waals surface area contributed by atoms with Gasteiger partial charge in [0, 0.05) is 22.6 Å². The second-order valence-electron chi connectivity index (χ2n) is 5.21. The van der Waals surface area contributed by atoms with Crippen molar-refractivity contribution in [3.63, 3.8) is 0 Å². The number of likely N-dealkylation sites (tertiary alicyclic amines) is 1. The fraction of sp³-hybridized carbons (Fsp3) is 0.429. The van der Waals surface area contributed by atoms with E-state index in [2.05, 4.69) is 21.2 Å². The Labute approximate surface area is 124 Å². The van der Waals surface area contributed by atoms with Crippen LogP contribution in [0.25, 0.3) is 0 Å². The van der Waals surface area contributed by atoms with Crippen LogP contribution in [0.5, 0.6) is 0 Å². The van der Waals surface area contributed by atoms with Crippen molar-refractivity contribution in [1.82, 2.24) is 10.2 Å². The molecule has 0 bridgehead atoms. The molecule has 1 aliphatic heterocycles. The third-order valence-electron chi connectivity index (χ3n) is 3.64. The highest BCUT2D eigenvalue weighted by molar-refractivity contribution is 9.10. The Morgan fingerprint density at radius 2 is 2.10 bits per heavy atom. The van der Waals surface area contributed by atoms with Crippen LogP contribution >= 0.6 is 15.9 Å². The summed E-state index contributed by atoms with van der Waals surface area (Å²) < 4.78 is 14.4. The maximum atomic E-state index is 13.6. The minimum absolute atomic E-state index is 0.101. The Bertz CT molecular complexity index is 574. The Morgan fingerprint density at radius 3 is 2.80 bits per heavy atom. The van der Waals surface area contributed by atoms with E-state index in [1.807, 2.05) is 0 Å². The Kier molecular flexibility index (Phi) is 3.60. The molecule has 1 heterocycles. The van der Waals surface area contributed by atoms with E-state index in [1.165, 1.54) is 11.0 Å². The lowest BCUT2D eigenvalue weighted by molar-refractivity contribution is -0.139. The van der Waals surface area contributed by atoms with Crippen LogP contribution in [0.15, 0.2) is 22.7 Å². The Morgan fingerprint density at radius 1 is 1.35 bits per heavy atom. The lowest BCUT2D eigenvalue weighted by Crippen LogP contribution is -2.39. The first-order chi connectivity index (χ1) is 9.56. The maximum Gasteiger partial charge on any atom is 0.247 e. The fourth-order valence-corrected chi connectivity index (χ4v) is 2.85. The number of benzene rings is 1. The average molecular weight is 341 g/mol. The summed E-state index contributed by atoms with van der Waals surface area (Å²) in [4.78, 5) is 25.3. The molecule has 1 atom stereocenters. The number of nitrogens with one attached hydrogen (secondary N) is 1. The molecule has 106 valence electrons. The zero-order chi connectivity index (χ0) is 14.3. The normalized spacial score (nSPS) is 22.7. The van der Waals surface area contributed by atoms with Gasteiger partial charge in [-0.3, -0.25) is 14.5 Å². The predicted molar refractivity (Wildman–Crippen MR) is 74.2 cm³/mol. The van der Waals surface area contributed by atoms with E-state index < -0.39 is 6.04 Å². The number of imide groups is 1. The molecule has 20 heavy (non-hydrogen) atoms. The van der Waals surface area contributed by atoms with Gasteiger partial charge in [0.25, 0.3) is 0 Å². The zero-order valence-electron chi connectivity index (χ0n) is 10.7. The van der Waals surface area contributed by atoms with Gasteiger partial charge in [0.2, 0.25) is 11.8 Å². The molecule has 1 unspecified atom stereocenters. The summed E-state index contributed by atoms with van der Waals surface area (Å²) in [6.45, 7) is 0.230. The smallest absolute Gasteiger partial charge is 0.247 e. The van der Waals surface area contributed by atoms with E-state index in [1.54, 1.807) is 12.1 Å². The van der Waals surface area contributed by atoms with Crippen LogP contribution < -0.4 is 5.32 Å². The van der Waals surface area contributed by atoms with Gasteiger partial charge in [-0.2, -0.15) is 0 Å². The summed E-state index contributed by atoms with van der Waals surface area (Å²) in [6, 6.07) is 4.24. The number of carbonyl (C=O) groups is 2. The third kappa shape index (κ3) is 2.62. The number of nitrogens with zero attached hydrogens (tertiary/aromatic N) is 1. The molecule has 1 saturated heterocycles. The molecule has 3 rings (SSSR count). The van der Waals surface area contributed by atoms with Gasteiger partial charge in [0.15, 0.2) is 0 Å². The van der Waals surface area contributed by atoms with Gasteiger partial charge in [-0.25, -0.2) is 4.39 Å². The summed E-state index contributed by atoms with van der Waals surface area (Å²) in [7, 11) is 0. The van der Waals surface area contributed by atoms with Crippen LogP contribution in [-0.4, -0.2) is 28.8 Å². The standard InChI is InChI=1S/C14H14BrFN2O2/c15-9-1-4-11(16)8(5-9)7-17-12-6-13(19)18(14(12)20)10-2-3-10/h1,4-5,10,12,17H,2-3,6-7H2. The summed E-state index contributed by atoms with van der Waals surface area (Å²) in [5, 5.41) is 2.99. The molecule has 1 aromatic carbocycles. The number of hydrogen-bond acceptors (Lipinski definition) is 3. The summed E-state index contributed by atoms with van der Waals surface area (Å²) in [5.41, 5.74) is 0.476. The number of halogens is 2. The first-order valence-corrected chi connectivity index (χ1v) is 7.39. The molecular weight excluding hydrogens is 327 g/mol. The van der Waals surface area contributed by atoms with Gasteiger partial charge < -0.3 is 5.32 Å². The van der Waals surface area contributed by atoms with Crippen LogP contribution in [-0.2, 0) is 16.1 Å². The van der Waals surface area contributed by atoms with Gasteiger partial charge >= 0.3 is 0 Å². The number of rotatable bonds is 4. The summed E-state index contributed by atoms with van der Waals surface area (Å²) in [6.07, 6.45) is 1.99. The highest BCUT2D eigenvalue weighted by atomic mass is 79.9. The molecule has 1 N–H and O–H groups in total. The second-order valence-corrected chi connectivity index (χ2v) is 6.12. The van der Waals surface area contributed by atoms with Crippen LogP contribution in [0.2, 0.25) is 0 Å². The van der Waals surface area contributed by atoms with Crippen molar-refractivity contribution in [3.8, 4) is 0 Å². The molecular formula is C14H14BrFN2O2. The van der Waals surface area contributed by atoms with Crippen molar-refractivity contribution in [2.45, 2.75) is 37.9 Å². The minimum Gasteiger partial charge on any atom is -0.301 e. The van der Waals surface area contributed by atoms with Gasteiger partial charge in [0.1, 0.15) is 5.82 Å². The van der Waals surface area contributed by atoms with Gasteiger partial charge in [-0.1, -0.05) is 15.9 Å². The van der Waals surface area contributed by atoms with Crippen molar-refractivity contribution in [2.75, 3.05) is 0 Å². The highest BCUT2D eigenvalue weighted by Crippen LogP contribution is 2.31. The Balaban J connectivity index is 1.65. The first-order valence-electron chi connectivity index (χ1n) is 6.59. The van der Waals surface area contributed by atoms with Crippen molar-refractivity contribution >= 4 is 27.7 Å². The molecule has 0 aromatic heterocycles. The molecule has 6 heteroatoms. The van der Waals surface area contributed by atoms with Gasteiger partial charge in [-0.05, 0) is 31.0 Å². The molecule has 2 fully saturated rings. The molecule has 4 nitrogen and oxygen atoms in total. The van der Waals surface area contributed by atoms with Crippen molar-refractivity contribution in [3.05, 3.63) is 34.1 Å². The van der Waals surface area contributed by atoms with Crippen LogP contribution in [0.3, 0.4) is 0 Å².